The first-order chi connectivity index (χ1) is 17.7. The number of rotatable bonds is 21. The van der Waals surface area contributed by atoms with E-state index in [1.165, 1.54) is 19.3 Å². The van der Waals surface area contributed by atoms with Crippen LogP contribution >= 0.6 is 0 Å². The standard InChI is InChI=1S/C28H52O9/c1-4-6-8-10-11-13-15-16-21(18-23(29)30)36-24(31)19-22(17-14-12-9-7-5-2)37-28-27(34)26(33)25(32)20(3)35-28/h20-22,25-28,32-34H,4-19H2,1-3H3,(H,29,30)/t20-,21?,22?,25-,26+,27+,28-/m0/s1. The summed E-state index contributed by atoms with van der Waals surface area (Å²) >= 11 is 0. The normalized spacial score (nSPS) is 25.5. The summed E-state index contributed by atoms with van der Waals surface area (Å²) in [5.41, 5.74) is 0. The molecule has 0 aromatic heterocycles. The molecule has 0 aromatic carbocycles. The van der Waals surface area contributed by atoms with Gasteiger partial charge in [-0.05, 0) is 26.2 Å². The van der Waals surface area contributed by atoms with Crippen molar-refractivity contribution < 1.29 is 44.2 Å². The van der Waals surface area contributed by atoms with Crippen molar-refractivity contribution in [3.63, 3.8) is 0 Å². The molecule has 1 fully saturated rings. The molecule has 0 amide bonds. The van der Waals surface area contributed by atoms with Gasteiger partial charge in [-0.1, -0.05) is 84.5 Å². The Morgan fingerprint density at radius 1 is 0.730 bits per heavy atom. The van der Waals surface area contributed by atoms with Crippen molar-refractivity contribution in [3.05, 3.63) is 0 Å². The summed E-state index contributed by atoms with van der Waals surface area (Å²) in [5.74, 6) is -1.56. The lowest BCUT2D eigenvalue weighted by molar-refractivity contribution is -0.304. The number of hydrogen-bond donors (Lipinski definition) is 4. The minimum Gasteiger partial charge on any atom is -0.481 e. The van der Waals surface area contributed by atoms with Gasteiger partial charge in [-0.25, -0.2) is 0 Å². The first-order valence-corrected chi connectivity index (χ1v) is 14.5. The number of carbonyl (C=O) groups excluding carboxylic acids is 1. The SMILES string of the molecule is CCCCCCCCCC(CC(=O)O)OC(=O)CC(CCCCCCC)O[C@@H]1O[C@@H](C)[C@H](O)[C@@H](O)[C@H]1O. The number of aliphatic hydroxyl groups is 3. The van der Waals surface area contributed by atoms with Gasteiger partial charge in [0.2, 0.25) is 0 Å². The molecule has 2 unspecified atom stereocenters. The highest BCUT2D eigenvalue weighted by Crippen LogP contribution is 2.25. The lowest BCUT2D eigenvalue weighted by Crippen LogP contribution is -2.58. The highest BCUT2D eigenvalue weighted by molar-refractivity contribution is 5.72. The number of aliphatic carboxylic acids is 1. The van der Waals surface area contributed by atoms with E-state index in [-0.39, 0.29) is 12.8 Å². The summed E-state index contributed by atoms with van der Waals surface area (Å²) in [5, 5.41) is 39.7. The number of ether oxygens (including phenoxy) is 3. The number of unbranched alkanes of at least 4 members (excludes halogenated alkanes) is 10. The largest absolute Gasteiger partial charge is 0.481 e. The van der Waals surface area contributed by atoms with Crippen LogP contribution in [0.1, 0.15) is 124 Å². The molecule has 1 aliphatic rings. The zero-order chi connectivity index (χ0) is 27.6. The number of esters is 1. The molecule has 0 aromatic rings. The fourth-order valence-corrected chi connectivity index (χ4v) is 4.66. The lowest BCUT2D eigenvalue weighted by atomic mass is 9.99. The highest BCUT2D eigenvalue weighted by atomic mass is 16.7. The second-order valence-electron chi connectivity index (χ2n) is 10.5. The van der Waals surface area contributed by atoms with Crippen LogP contribution in [-0.2, 0) is 23.8 Å². The van der Waals surface area contributed by atoms with E-state index in [2.05, 4.69) is 13.8 Å². The van der Waals surface area contributed by atoms with Crippen LogP contribution in [0.4, 0.5) is 0 Å². The summed E-state index contributed by atoms with van der Waals surface area (Å²) in [6.07, 6.45) is 6.00. The molecule has 9 nitrogen and oxygen atoms in total. The highest BCUT2D eigenvalue weighted by Gasteiger charge is 2.43. The Hall–Kier alpha value is -1.26. The molecule has 1 aliphatic heterocycles. The van der Waals surface area contributed by atoms with Gasteiger partial charge in [0.05, 0.1) is 25.0 Å². The summed E-state index contributed by atoms with van der Waals surface area (Å²) in [6, 6.07) is 0. The van der Waals surface area contributed by atoms with Gasteiger partial charge in [0.15, 0.2) is 6.29 Å². The summed E-state index contributed by atoms with van der Waals surface area (Å²) in [6.45, 7) is 5.88. The molecule has 0 saturated carbocycles. The maximum Gasteiger partial charge on any atom is 0.308 e. The quantitative estimate of drug-likeness (QED) is 0.124. The van der Waals surface area contributed by atoms with Crippen LogP contribution in [0, 0.1) is 0 Å². The molecule has 9 heteroatoms. The predicted molar refractivity (Wildman–Crippen MR) is 140 cm³/mol. The van der Waals surface area contributed by atoms with Crippen molar-refractivity contribution in [1.29, 1.82) is 0 Å². The fourth-order valence-electron chi connectivity index (χ4n) is 4.66. The van der Waals surface area contributed by atoms with Crippen molar-refractivity contribution in [2.45, 2.75) is 166 Å². The average Bonchev–Trinajstić information content (AvgIpc) is 2.84. The van der Waals surface area contributed by atoms with E-state index in [0.29, 0.717) is 12.8 Å². The minimum absolute atomic E-state index is 0.111. The van der Waals surface area contributed by atoms with Crippen LogP contribution < -0.4 is 0 Å². The van der Waals surface area contributed by atoms with Gasteiger partial charge in [0.25, 0.3) is 0 Å². The molecule has 0 radical (unpaired) electrons. The van der Waals surface area contributed by atoms with E-state index in [9.17, 15) is 30.0 Å². The van der Waals surface area contributed by atoms with Gasteiger partial charge in [0, 0.05) is 0 Å². The molecule has 0 bridgehead atoms. The Balaban J connectivity index is 2.67. The van der Waals surface area contributed by atoms with E-state index in [0.717, 1.165) is 57.8 Å². The number of aliphatic hydroxyl groups excluding tert-OH is 3. The molecule has 4 N–H and O–H groups in total. The molecular formula is C28H52O9. The third-order valence-corrected chi connectivity index (χ3v) is 6.99. The molecule has 37 heavy (non-hydrogen) atoms. The van der Waals surface area contributed by atoms with Crippen LogP contribution in [0.3, 0.4) is 0 Å². The Labute approximate surface area is 222 Å². The van der Waals surface area contributed by atoms with Crippen molar-refractivity contribution in [3.8, 4) is 0 Å². The molecule has 7 atom stereocenters. The van der Waals surface area contributed by atoms with Gasteiger partial charge in [-0.15, -0.1) is 0 Å². The van der Waals surface area contributed by atoms with Crippen LogP contribution in [-0.4, -0.2) is 75.3 Å². The van der Waals surface area contributed by atoms with Crippen molar-refractivity contribution in [1.82, 2.24) is 0 Å². The predicted octanol–water partition coefficient (Wildman–Crippen LogP) is 4.48. The number of hydrogen-bond acceptors (Lipinski definition) is 8. The third kappa shape index (κ3) is 14.5. The van der Waals surface area contributed by atoms with E-state index >= 15 is 0 Å². The zero-order valence-electron chi connectivity index (χ0n) is 23.2. The monoisotopic (exact) mass is 532 g/mol. The summed E-state index contributed by atoms with van der Waals surface area (Å²) < 4.78 is 17.0. The smallest absolute Gasteiger partial charge is 0.308 e. The minimum atomic E-state index is -1.46. The van der Waals surface area contributed by atoms with E-state index < -0.39 is 54.9 Å². The fraction of sp³-hybridized carbons (Fsp3) is 0.929. The molecule has 0 spiro atoms. The van der Waals surface area contributed by atoms with Crippen molar-refractivity contribution >= 4 is 11.9 Å². The second-order valence-corrected chi connectivity index (χ2v) is 10.5. The molecule has 218 valence electrons. The summed E-state index contributed by atoms with van der Waals surface area (Å²) in [4.78, 5) is 24.1. The number of carbonyl (C=O) groups is 2. The first kappa shape index (κ1) is 33.8. The maximum absolute atomic E-state index is 12.8. The van der Waals surface area contributed by atoms with Crippen molar-refractivity contribution in [2.24, 2.45) is 0 Å². The Morgan fingerprint density at radius 3 is 1.78 bits per heavy atom. The average molecular weight is 533 g/mol. The maximum atomic E-state index is 12.8. The zero-order valence-corrected chi connectivity index (χ0v) is 23.2. The van der Waals surface area contributed by atoms with Gasteiger partial charge < -0.3 is 34.6 Å². The first-order valence-electron chi connectivity index (χ1n) is 14.5. The van der Waals surface area contributed by atoms with E-state index in [4.69, 9.17) is 14.2 Å². The van der Waals surface area contributed by atoms with Crippen LogP contribution in [0.15, 0.2) is 0 Å². The van der Waals surface area contributed by atoms with Gasteiger partial charge in [0.1, 0.15) is 24.4 Å². The van der Waals surface area contributed by atoms with Crippen LogP contribution in [0.5, 0.6) is 0 Å². The molecule has 1 heterocycles. The third-order valence-electron chi connectivity index (χ3n) is 6.99. The molecule has 1 rings (SSSR count). The Morgan fingerprint density at radius 2 is 1.24 bits per heavy atom. The topological polar surface area (TPSA) is 143 Å². The number of carboxylic acid groups (broad SMARTS) is 1. The lowest BCUT2D eigenvalue weighted by Gasteiger charge is -2.40. The Kier molecular flexibility index (Phi) is 18.0. The summed E-state index contributed by atoms with van der Waals surface area (Å²) in [7, 11) is 0. The second kappa shape index (κ2) is 19.8. The van der Waals surface area contributed by atoms with Gasteiger partial charge in [-0.2, -0.15) is 0 Å². The number of carboxylic acids is 1. The molecule has 0 aliphatic carbocycles. The van der Waals surface area contributed by atoms with E-state index in [1.54, 1.807) is 6.92 Å². The molecular weight excluding hydrogens is 480 g/mol. The van der Waals surface area contributed by atoms with Crippen LogP contribution in [0.25, 0.3) is 0 Å². The van der Waals surface area contributed by atoms with E-state index in [1.807, 2.05) is 0 Å². The Bertz CT molecular complexity index is 614. The van der Waals surface area contributed by atoms with Crippen molar-refractivity contribution in [2.75, 3.05) is 0 Å². The van der Waals surface area contributed by atoms with Gasteiger partial charge >= 0.3 is 11.9 Å². The van der Waals surface area contributed by atoms with Crippen LogP contribution in [0.2, 0.25) is 0 Å². The van der Waals surface area contributed by atoms with Gasteiger partial charge in [-0.3, -0.25) is 9.59 Å². The molecule has 1 saturated heterocycles.